The molecule has 0 N–H and O–H groups in total. The first-order valence-electron chi connectivity index (χ1n) is 8.75. The van der Waals surface area contributed by atoms with Crippen LogP contribution in [-0.2, 0) is 16.6 Å². The number of rotatable bonds is 3. The Morgan fingerprint density at radius 1 is 1.32 bits per heavy atom. The zero-order valence-electron chi connectivity index (χ0n) is 14.5. The van der Waals surface area contributed by atoms with Gasteiger partial charge in [0.15, 0.2) is 17.6 Å². The van der Waals surface area contributed by atoms with Gasteiger partial charge in [0.05, 0.1) is 26.2 Å². The number of allylic oxidation sites excluding steroid dienone is 2. The van der Waals surface area contributed by atoms with Gasteiger partial charge in [-0.15, -0.1) is 6.42 Å². The number of methoxy groups -OCH3 is 2. The van der Waals surface area contributed by atoms with Crippen molar-refractivity contribution in [1.29, 1.82) is 0 Å². The predicted molar refractivity (Wildman–Crippen MR) is 94.8 cm³/mol. The average Bonchev–Trinajstić information content (AvgIpc) is 2.98. The van der Waals surface area contributed by atoms with E-state index in [4.69, 9.17) is 20.6 Å². The first-order chi connectivity index (χ1) is 12.2. The smallest absolute Gasteiger partial charge is 0.169 e. The van der Waals surface area contributed by atoms with Crippen LogP contribution in [0.3, 0.4) is 0 Å². The average molecular weight is 335 g/mol. The van der Waals surface area contributed by atoms with E-state index in [0.717, 1.165) is 36.6 Å². The molecule has 0 aromatic heterocycles. The number of hydrogen-bond donors (Lipinski definition) is 0. The highest BCUT2D eigenvalue weighted by molar-refractivity contribution is 5.67. The van der Waals surface area contributed by atoms with Crippen LogP contribution in [0.1, 0.15) is 17.5 Å². The third-order valence-corrected chi connectivity index (χ3v) is 6.29. The fraction of sp³-hybridized carbons (Fsp3) is 0.429. The molecule has 0 radical (unpaired) electrons. The van der Waals surface area contributed by atoms with Gasteiger partial charge in [-0.1, -0.05) is 18.1 Å². The van der Waals surface area contributed by atoms with Crippen molar-refractivity contribution in [2.24, 2.45) is 0 Å². The fourth-order valence-corrected chi connectivity index (χ4v) is 5.31. The Hall–Kier alpha value is -2.38. The molecule has 5 rings (SSSR count). The molecule has 2 aliphatic heterocycles. The SMILES string of the molecule is C#CCN1CCC23C4=CC=C(OC)C2Oc2c(OC)ccc(c23)CC41. The predicted octanol–water partition coefficient (Wildman–Crippen LogP) is 2.43. The lowest BCUT2D eigenvalue weighted by atomic mass is 9.57. The highest BCUT2D eigenvalue weighted by Crippen LogP contribution is 2.62. The van der Waals surface area contributed by atoms with Gasteiger partial charge in [-0.05, 0) is 36.1 Å². The Labute approximate surface area is 148 Å². The summed E-state index contributed by atoms with van der Waals surface area (Å²) in [5.41, 5.74) is 3.93. The third kappa shape index (κ3) is 1.67. The van der Waals surface area contributed by atoms with Crippen LogP contribution < -0.4 is 9.47 Å². The van der Waals surface area contributed by atoms with Gasteiger partial charge in [-0.2, -0.15) is 0 Å². The van der Waals surface area contributed by atoms with Crippen molar-refractivity contribution in [3.8, 4) is 23.8 Å². The first-order valence-corrected chi connectivity index (χ1v) is 8.75. The minimum Gasteiger partial charge on any atom is -0.497 e. The second kappa shape index (κ2) is 5.06. The Morgan fingerprint density at radius 2 is 2.20 bits per heavy atom. The van der Waals surface area contributed by atoms with Gasteiger partial charge in [-0.3, -0.25) is 4.90 Å². The van der Waals surface area contributed by atoms with E-state index in [2.05, 4.69) is 29.0 Å². The van der Waals surface area contributed by atoms with Gasteiger partial charge in [0.25, 0.3) is 0 Å². The summed E-state index contributed by atoms with van der Waals surface area (Å²) in [5, 5.41) is 0. The third-order valence-electron chi connectivity index (χ3n) is 6.29. The molecule has 1 fully saturated rings. The summed E-state index contributed by atoms with van der Waals surface area (Å²) in [6.07, 6.45) is 11.8. The molecule has 25 heavy (non-hydrogen) atoms. The number of hydrogen-bond acceptors (Lipinski definition) is 4. The van der Waals surface area contributed by atoms with E-state index in [1.54, 1.807) is 14.2 Å². The second-order valence-corrected chi connectivity index (χ2v) is 7.14. The number of nitrogens with zero attached hydrogens (tertiary/aromatic N) is 1. The quantitative estimate of drug-likeness (QED) is 0.794. The summed E-state index contributed by atoms with van der Waals surface area (Å²) in [5.74, 6) is 5.42. The molecular formula is C21H21NO3. The summed E-state index contributed by atoms with van der Waals surface area (Å²) >= 11 is 0. The van der Waals surface area contributed by atoms with E-state index < -0.39 is 0 Å². The van der Waals surface area contributed by atoms with Gasteiger partial charge in [0.2, 0.25) is 0 Å². The molecule has 2 aliphatic carbocycles. The van der Waals surface area contributed by atoms with E-state index >= 15 is 0 Å². The standard InChI is InChI=1S/C21H21NO3/c1-4-10-22-11-9-21-14-6-8-17(24-3)20(21)25-19-16(23-2)7-5-13(18(19)21)12-15(14)22/h1,5-8,15,20H,9-12H2,2-3H3. The minimum atomic E-state index is -0.146. The van der Waals surface area contributed by atoms with Crippen molar-refractivity contribution in [1.82, 2.24) is 4.90 Å². The molecule has 1 aromatic carbocycles. The van der Waals surface area contributed by atoms with Crippen LogP contribution in [-0.4, -0.2) is 44.4 Å². The van der Waals surface area contributed by atoms with Gasteiger partial charge >= 0.3 is 0 Å². The molecule has 2 heterocycles. The van der Waals surface area contributed by atoms with E-state index in [1.807, 2.05) is 6.07 Å². The van der Waals surface area contributed by atoms with Gasteiger partial charge in [0.1, 0.15) is 5.76 Å². The van der Waals surface area contributed by atoms with Crippen molar-refractivity contribution in [2.45, 2.75) is 30.4 Å². The lowest BCUT2D eigenvalue weighted by molar-refractivity contribution is 0.0693. The normalized spacial score (nSPS) is 31.2. The zero-order valence-corrected chi connectivity index (χ0v) is 14.5. The molecular weight excluding hydrogens is 314 g/mol. The zero-order chi connectivity index (χ0) is 17.2. The topological polar surface area (TPSA) is 30.9 Å². The molecule has 2 bridgehead atoms. The highest BCUT2D eigenvalue weighted by atomic mass is 16.6. The van der Waals surface area contributed by atoms with Crippen LogP contribution >= 0.6 is 0 Å². The van der Waals surface area contributed by atoms with Crippen molar-refractivity contribution in [2.75, 3.05) is 27.3 Å². The molecule has 0 saturated carbocycles. The van der Waals surface area contributed by atoms with Gasteiger partial charge < -0.3 is 14.2 Å². The van der Waals surface area contributed by atoms with Crippen LogP contribution in [0.2, 0.25) is 0 Å². The number of piperidine rings is 1. The van der Waals surface area contributed by atoms with Crippen LogP contribution in [0.25, 0.3) is 0 Å². The molecule has 3 unspecified atom stereocenters. The number of likely N-dealkylation sites (tertiary alicyclic amines) is 1. The summed E-state index contributed by atoms with van der Waals surface area (Å²) in [6.45, 7) is 1.65. The summed E-state index contributed by atoms with van der Waals surface area (Å²) in [4.78, 5) is 2.42. The van der Waals surface area contributed by atoms with Crippen LogP contribution in [0.15, 0.2) is 35.6 Å². The maximum absolute atomic E-state index is 6.48. The summed E-state index contributed by atoms with van der Waals surface area (Å²) in [7, 11) is 3.42. The maximum atomic E-state index is 6.48. The Bertz CT molecular complexity index is 863. The monoisotopic (exact) mass is 335 g/mol. The molecule has 4 nitrogen and oxygen atoms in total. The molecule has 4 aliphatic rings. The van der Waals surface area contributed by atoms with Gasteiger partial charge in [-0.25, -0.2) is 0 Å². The molecule has 4 heteroatoms. The Kier molecular flexibility index (Phi) is 3.02. The highest BCUT2D eigenvalue weighted by Gasteiger charge is 2.62. The molecule has 1 spiro atoms. The number of benzene rings is 1. The molecule has 1 saturated heterocycles. The van der Waals surface area contributed by atoms with Gasteiger partial charge in [0, 0.05) is 18.2 Å². The van der Waals surface area contributed by atoms with Crippen molar-refractivity contribution < 1.29 is 14.2 Å². The van der Waals surface area contributed by atoms with E-state index in [1.165, 1.54) is 16.7 Å². The van der Waals surface area contributed by atoms with E-state index in [0.29, 0.717) is 12.6 Å². The van der Waals surface area contributed by atoms with E-state index in [9.17, 15) is 0 Å². The summed E-state index contributed by atoms with van der Waals surface area (Å²) in [6, 6.07) is 4.55. The minimum absolute atomic E-state index is 0.113. The number of terminal acetylenes is 1. The Morgan fingerprint density at radius 3 is 2.96 bits per heavy atom. The first kappa shape index (κ1) is 14.9. The van der Waals surface area contributed by atoms with Crippen LogP contribution in [0.4, 0.5) is 0 Å². The Balaban J connectivity index is 1.78. The molecule has 3 atom stereocenters. The van der Waals surface area contributed by atoms with Crippen molar-refractivity contribution in [3.63, 3.8) is 0 Å². The lowest BCUT2D eigenvalue weighted by Crippen LogP contribution is -2.59. The number of ether oxygens (including phenoxy) is 3. The van der Waals surface area contributed by atoms with Crippen LogP contribution in [0, 0.1) is 12.3 Å². The fourth-order valence-electron chi connectivity index (χ4n) is 5.31. The van der Waals surface area contributed by atoms with Crippen molar-refractivity contribution >= 4 is 0 Å². The lowest BCUT2D eigenvalue weighted by Gasteiger charge is -2.53. The van der Waals surface area contributed by atoms with E-state index in [-0.39, 0.29) is 11.5 Å². The summed E-state index contributed by atoms with van der Waals surface area (Å²) < 4.78 is 17.8. The van der Waals surface area contributed by atoms with Crippen molar-refractivity contribution in [3.05, 3.63) is 46.7 Å². The largest absolute Gasteiger partial charge is 0.497 e. The molecule has 1 aromatic rings. The maximum Gasteiger partial charge on any atom is 0.169 e. The second-order valence-electron chi connectivity index (χ2n) is 7.14. The molecule has 0 amide bonds. The van der Waals surface area contributed by atoms with Crippen LogP contribution in [0.5, 0.6) is 11.5 Å². The molecule has 128 valence electrons.